The number of carbonyl (C=O) groups excluding carboxylic acids is 2. The number of nitrogens with zero attached hydrogens (tertiary/aromatic N) is 3. The zero-order valence-corrected chi connectivity index (χ0v) is 20.2. The van der Waals surface area contributed by atoms with Gasteiger partial charge in [-0.05, 0) is 47.9 Å². The Morgan fingerprint density at radius 2 is 1.78 bits per heavy atom. The van der Waals surface area contributed by atoms with Gasteiger partial charge in [-0.1, -0.05) is 31.3 Å². The molecule has 10 heteroatoms. The lowest BCUT2D eigenvalue weighted by Crippen LogP contribution is -2.23. The van der Waals surface area contributed by atoms with Crippen molar-refractivity contribution in [1.82, 2.24) is 8.87 Å². The van der Waals surface area contributed by atoms with Crippen LogP contribution in [0.3, 0.4) is 0 Å². The van der Waals surface area contributed by atoms with Crippen molar-refractivity contribution < 1.29 is 22.7 Å². The third kappa shape index (κ3) is 4.82. The van der Waals surface area contributed by atoms with Gasteiger partial charge >= 0.3 is 5.97 Å². The second-order valence-electron chi connectivity index (χ2n) is 7.66. The van der Waals surface area contributed by atoms with Crippen LogP contribution in [-0.4, -0.2) is 50.4 Å². The Morgan fingerprint density at radius 1 is 1.12 bits per heavy atom. The number of esters is 1. The van der Waals surface area contributed by atoms with Crippen LogP contribution in [0.15, 0.2) is 52.4 Å². The molecule has 1 aromatic heterocycles. The van der Waals surface area contributed by atoms with Gasteiger partial charge < -0.3 is 9.30 Å². The van der Waals surface area contributed by atoms with Gasteiger partial charge in [-0.2, -0.15) is 4.99 Å². The minimum Gasteiger partial charge on any atom is -0.468 e. The van der Waals surface area contributed by atoms with Gasteiger partial charge in [0, 0.05) is 19.7 Å². The van der Waals surface area contributed by atoms with E-state index in [1.807, 2.05) is 18.2 Å². The molecule has 0 aliphatic carbocycles. The van der Waals surface area contributed by atoms with Gasteiger partial charge in [-0.25, -0.2) is 12.7 Å². The molecule has 0 unspecified atom stereocenters. The molecule has 32 heavy (non-hydrogen) atoms. The van der Waals surface area contributed by atoms with E-state index in [9.17, 15) is 18.0 Å². The molecule has 0 radical (unpaired) electrons. The highest BCUT2D eigenvalue weighted by atomic mass is 32.2. The van der Waals surface area contributed by atoms with E-state index < -0.39 is 21.9 Å². The summed E-state index contributed by atoms with van der Waals surface area (Å²) in [4.78, 5) is 29.5. The molecule has 0 aliphatic rings. The molecule has 1 amide bonds. The van der Waals surface area contributed by atoms with Crippen LogP contribution in [0.1, 0.15) is 35.7 Å². The van der Waals surface area contributed by atoms with E-state index in [2.05, 4.69) is 18.8 Å². The number of methoxy groups -OCH3 is 1. The van der Waals surface area contributed by atoms with Crippen LogP contribution >= 0.6 is 11.3 Å². The summed E-state index contributed by atoms with van der Waals surface area (Å²) in [5.41, 5.74) is 2.16. The first-order valence-corrected chi connectivity index (χ1v) is 12.1. The van der Waals surface area contributed by atoms with E-state index in [0.29, 0.717) is 10.7 Å². The van der Waals surface area contributed by atoms with Gasteiger partial charge in [0.2, 0.25) is 10.0 Å². The summed E-state index contributed by atoms with van der Waals surface area (Å²) < 4.78 is 32.9. The van der Waals surface area contributed by atoms with E-state index in [1.54, 1.807) is 4.57 Å². The molecular weight excluding hydrogens is 450 g/mol. The monoisotopic (exact) mass is 475 g/mol. The summed E-state index contributed by atoms with van der Waals surface area (Å²) in [7, 11) is 0.594. The topological polar surface area (TPSA) is 98.0 Å². The van der Waals surface area contributed by atoms with Gasteiger partial charge in [-0.3, -0.25) is 9.59 Å². The van der Waals surface area contributed by atoms with E-state index in [4.69, 9.17) is 4.74 Å². The Bertz CT molecular complexity index is 1330. The van der Waals surface area contributed by atoms with Crippen molar-refractivity contribution in [3.8, 4) is 0 Å². The summed E-state index contributed by atoms with van der Waals surface area (Å²) >= 11 is 1.31. The first kappa shape index (κ1) is 23.8. The normalized spacial score (nSPS) is 12.7. The van der Waals surface area contributed by atoms with Gasteiger partial charge in [0.1, 0.15) is 6.54 Å². The number of sulfonamides is 1. The summed E-state index contributed by atoms with van der Waals surface area (Å²) in [6.07, 6.45) is 0. The maximum absolute atomic E-state index is 12.8. The zero-order chi connectivity index (χ0) is 23.6. The molecular formula is C22H25N3O5S2. The first-order valence-electron chi connectivity index (χ1n) is 9.86. The maximum Gasteiger partial charge on any atom is 0.325 e. The molecule has 0 atom stereocenters. The summed E-state index contributed by atoms with van der Waals surface area (Å²) in [6, 6.07) is 11.5. The fraction of sp³-hybridized carbons (Fsp3) is 0.318. The molecule has 1 heterocycles. The standard InChI is InChI=1S/C22H25N3O5S2/c1-14(2)16-8-11-18-19(12-16)31-22(25(18)13-20(26)30-5)23-21(27)15-6-9-17(10-7-15)32(28,29)24(3)4/h6-12,14H,13H2,1-5H3. The van der Waals surface area contributed by atoms with Gasteiger partial charge in [0.15, 0.2) is 4.80 Å². The van der Waals surface area contributed by atoms with Gasteiger partial charge in [0.25, 0.3) is 5.91 Å². The van der Waals surface area contributed by atoms with Crippen molar-refractivity contribution >= 4 is 43.5 Å². The Labute approximate surface area is 190 Å². The molecule has 0 saturated heterocycles. The maximum atomic E-state index is 12.8. The van der Waals surface area contributed by atoms with Crippen LogP contribution in [0.5, 0.6) is 0 Å². The molecule has 3 aromatic rings. The number of benzene rings is 2. The minimum atomic E-state index is -3.59. The Balaban J connectivity index is 2.07. The second kappa shape index (κ2) is 9.35. The SMILES string of the molecule is COC(=O)Cn1c(=NC(=O)c2ccc(S(=O)(=O)N(C)C)cc2)sc2cc(C(C)C)ccc21. The van der Waals surface area contributed by atoms with Crippen molar-refractivity contribution in [2.75, 3.05) is 21.2 Å². The Morgan fingerprint density at radius 3 is 2.34 bits per heavy atom. The van der Waals surface area contributed by atoms with Crippen molar-refractivity contribution in [3.63, 3.8) is 0 Å². The molecule has 0 N–H and O–H groups in total. The van der Waals surface area contributed by atoms with E-state index in [0.717, 1.165) is 20.1 Å². The van der Waals surface area contributed by atoms with E-state index in [-0.39, 0.29) is 17.0 Å². The van der Waals surface area contributed by atoms with Crippen LogP contribution in [0.25, 0.3) is 10.2 Å². The van der Waals surface area contributed by atoms with Crippen LogP contribution < -0.4 is 4.80 Å². The fourth-order valence-corrected chi connectivity index (χ4v) is 4.99. The smallest absolute Gasteiger partial charge is 0.325 e. The van der Waals surface area contributed by atoms with Crippen molar-refractivity contribution in [2.45, 2.75) is 31.2 Å². The Hall–Kier alpha value is -2.82. The number of rotatable bonds is 6. The fourth-order valence-electron chi connectivity index (χ4n) is 3.01. The Kier molecular flexibility index (Phi) is 6.97. The molecule has 0 fully saturated rings. The molecule has 8 nitrogen and oxygen atoms in total. The van der Waals surface area contributed by atoms with Crippen molar-refractivity contribution in [3.05, 3.63) is 58.4 Å². The number of thiazole rings is 1. The molecule has 0 saturated carbocycles. The van der Waals surface area contributed by atoms with Gasteiger partial charge in [-0.15, -0.1) is 0 Å². The number of fused-ring (bicyclic) bond motifs is 1. The number of carbonyl (C=O) groups is 2. The highest BCUT2D eigenvalue weighted by molar-refractivity contribution is 7.89. The highest BCUT2D eigenvalue weighted by Gasteiger charge is 2.18. The predicted molar refractivity (Wildman–Crippen MR) is 123 cm³/mol. The lowest BCUT2D eigenvalue weighted by atomic mass is 10.0. The average Bonchev–Trinajstić information content (AvgIpc) is 3.09. The summed E-state index contributed by atoms with van der Waals surface area (Å²) in [5, 5.41) is 0. The quantitative estimate of drug-likeness (QED) is 0.511. The van der Waals surface area contributed by atoms with Crippen LogP contribution in [0.4, 0.5) is 0 Å². The summed E-state index contributed by atoms with van der Waals surface area (Å²) in [5.74, 6) is -0.660. The van der Waals surface area contributed by atoms with E-state index >= 15 is 0 Å². The second-order valence-corrected chi connectivity index (χ2v) is 10.8. The van der Waals surface area contributed by atoms with Gasteiger partial charge in [0.05, 0.1) is 22.2 Å². The van der Waals surface area contributed by atoms with Crippen LogP contribution in [0.2, 0.25) is 0 Å². The lowest BCUT2D eigenvalue weighted by Gasteiger charge is -2.11. The predicted octanol–water partition coefficient (Wildman–Crippen LogP) is 2.99. The molecule has 0 aliphatic heterocycles. The van der Waals surface area contributed by atoms with Crippen molar-refractivity contribution in [2.24, 2.45) is 4.99 Å². The highest BCUT2D eigenvalue weighted by Crippen LogP contribution is 2.24. The van der Waals surface area contributed by atoms with Crippen LogP contribution in [-0.2, 0) is 26.1 Å². The number of amides is 1. The average molecular weight is 476 g/mol. The number of hydrogen-bond donors (Lipinski definition) is 0. The third-order valence-electron chi connectivity index (χ3n) is 4.97. The third-order valence-corrected chi connectivity index (χ3v) is 7.84. The van der Waals surface area contributed by atoms with Crippen molar-refractivity contribution in [1.29, 1.82) is 0 Å². The molecule has 0 spiro atoms. The molecule has 0 bridgehead atoms. The molecule has 3 rings (SSSR count). The zero-order valence-electron chi connectivity index (χ0n) is 18.5. The first-order chi connectivity index (χ1) is 15.0. The molecule has 170 valence electrons. The summed E-state index contributed by atoms with van der Waals surface area (Å²) in [6.45, 7) is 4.10. The largest absolute Gasteiger partial charge is 0.468 e. The number of ether oxygens (including phenoxy) is 1. The van der Waals surface area contributed by atoms with E-state index in [1.165, 1.54) is 56.8 Å². The molecule has 2 aromatic carbocycles. The van der Waals surface area contributed by atoms with Crippen LogP contribution in [0, 0.1) is 0 Å². The minimum absolute atomic E-state index is 0.0797. The number of hydrogen-bond acceptors (Lipinski definition) is 6. The number of aromatic nitrogens is 1. The lowest BCUT2D eigenvalue weighted by molar-refractivity contribution is -0.141.